The third kappa shape index (κ3) is 2.86. The molecule has 2 unspecified atom stereocenters. The Bertz CT molecular complexity index is 411. The average Bonchev–Trinajstić information content (AvgIpc) is 3.11. The molecular weight excluding hydrogens is 324 g/mol. The van der Waals surface area contributed by atoms with Crippen LogP contribution in [0.4, 0.5) is 0 Å². The zero-order valence-electron chi connectivity index (χ0n) is 13.0. The molecule has 8 heteroatoms. The van der Waals surface area contributed by atoms with Gasteiger partial charge in [0.15, 0.2) is 22.8 Å². The number of fused-ring (bicyclic) bond motifs is 3. The SMILES string of the molecule is CCOC(=O)[C@@H]1CS[C@@H]2[C@@H]3SC[C@@H](C(=O)OCC)[NH+]3CC[NH+]21. The Kier molecular flexibility index (Phi) is 5.21. The minimum atomic E-state index is -0.0686. The Hall–Kier alpha value is -0.440. The lowest BCUT2D eigenvalue weighted by atomic mass is 10.2. The molecule has 3 fully saturated rings. The molecule has 0 amide bonds. The molecule has 0 bridgehead atoms. The van der Waals surface area contributed by atoms with Gasteiger partial charge in [-0.3, -0.25) is 0 Å². The van der Waals surface area contributed by atoms with E-state index in [9.17, 15) is 9.59 Å². The van der Waals surface area contributed by atoms with Crippen molar-refractivity contribution in [1.82, 2.24) is 0 Å². The number of ether oxygens (including phenoxy) is 2. The van der Waals surface area contributed by atoms with Crippen molar-refractivity contribution in [2.75, 3.05) is 37.8 Å². The molecule has 6 atom stereocenters. The van der Waals surface area contributed by atoms with Crippen LogP contribution in [0.15, 0.2) is 0 Å². The van der Waals surface area contributed by atoms with Gasteiger partial charge in [0.1, 0.15) is 13.1 Å². The van der Waals surface area contributed by atoms with Crippen molar-refractivity contribution in [3.05, 3.63) is 0 Å². The molecule has 0 aliphatic carbocycles. The second kappa shape index (κ2) is 6.98. The number of carbonyl (C=O) groups is 2. The molecule has 0 radical (unpaired) electrons. The van der Waals surface area contributed by atoms with Crippen molar-refractivity contribution in [1.29, 1.82) is 0 Å². The third-order valence-electron chi connectivity index (χ3n) is 4.63. The van der Waals surface area contributed by atoms with E-state index in [1.165, 1.54) is 9.80 Å². The minimum absolute atomic E-state index is 0.0428. The van der Waals surface area contributed by atoms with E-state index < -0.39 is 0 Å². The zero-order valence-corrected chi connectivity index (χ0v) is 14.6. The molecule has 2 N–H and O–H groups in total. The molecule has 0 aromatic rings. The summed E-state index contributed by atoms with van der Waals surface area (Å²) in [4.78, 5) is 26.9. The van der Waals surface area contributed by atoms with Crippen LogP contribution in [0.3, 0.4) is 0 Å². The van der Waals surface area contributed by atoms with Gasteiger partial charge in [-0.2, -0.15) is 0 Å². The molecule has 124 valence electrons. The molecule has 0 saturated carbocycles. The summed E-state index contributed by atoms with van der Waals surface area (Å²) < 4.78 is 10.4. The van der Waals surface area contributed by atoms with Gasteiger partial charge in [-0.1, -0.05) is 23.5 Å². The number of hydrogen-bond donors (Lipinski definition) is 2. The van der Waals surface area contributed by atoms with Crippen LogP contribution in [0.2, 0.25) is 0 Å². The van der Waals surface area contributed by atoms with Crippen LogP contribution in [0.25, 0.3) is 0 Å². The Labute approximate surface area is 139 Å². The van der Waals surface area contributed by atoms with Crippen LogP contribution in [0.1, 0.15) is 13.8 Å². The summed E-state index contributed by atoms with van der Waals surface area (Å²) in [7, 11) is 0. The molecule has 0 aromatic heterocycles. The Morgan fingerprint density at radius 1 is 0.909 bits per heavy atom. The maximum atomic E-state index is 12.1. The number of thioether (sulfide) groups is 2. The van der Waals surface area contributed by atoms with Gasteiger partial charge in [0.25, 0.3) is 0 Å². The monoisotopic (exact) mass is 348 g/mol. The van der Waals surface area contributed by atoms with Gasteiger partial charge in [0, 0.05) is 0 Å². The molecule has 6 nitrogen and oxygen atoms in total. The summed E-state index contributed by atoms with van der Waals surface area (Å²) >= 11 is 3.72. The fourth-order valence-electron chi connectivity index (χ4n) is 3.63. The third-order valence-corrected chi connectivity index (χ3v) is 7.72. The number of hydrogen-bond acceptors (Lipinski definition) is 6. The van der Waals surface area contributed by atoms with Crippen LogP contribution in [0, 0.1) is 0 Å². The molecule has 3 rings (SSSR count). The molecule has 3 heterocycles. The van der Waals surface area contributed by atoms with E-state index in [1.807, 2.05) is 37.4 Å². The molecular formula is C14H24N2O4S2+2. The lowest BCUT2D eigenvalue weighted by Gasteiger charge is -2.37. The van der Waals surface area contributed by atoms with Gasteiger partial charge in [-0.25, -0.2) is 9.59 Å². The maximum Gasteiger partial charge on any atom is 0.365 e. The van der Waals surface area contributed by atoms with Crippen molar-refractivity contribution < 1.29 is 28.9 Å². The Balaban J connectivity index is 1.67. The summed E-state index contributed by atoms with van der Waals surface area (Å²) in [6.07, 6.45) is 0. The van der Waals surface area contributed by atoms with Gasteiger partial charge in [0.05, 0.1) is 24.7 Å². The van der Waals surface area contributed by atoms with Gasteiger partial charge < -0.3 is 19.3 Å². The highest BCUT2D eigenvalue weighted by Crippen LogP contribution is 2.27. The fraction of sp³-hybridized carbons (Fsp3) is 0.857. The lowest BCUT2D eigenvalue weighted by Crippen LogP contribution is -3.34. The van der Waals surface area contributed by atoms with Crippen LogP contribution < -0.4 is 9.80 Å². The van der Waals surface area contributed by atoms with Gasteiger partial charge >= 0.3 is 11.9 Å². The van der Waals surface area contributed by atoms with E-state index in [0.29, 0.717) is 24.0 Å². The average molecular weight is 348 g/mol. The van der Waals surface area contributed by atoms with Crippen molar-refractivity contribution in [2.45, 2.75) is 36.7 Å². The van der Waals surface area contributed by atoms with Gasteiger partial charge in [-0.15, -0.1) is 0 Å². The lowest BCUT2D eigenvalue weighted by molar-refractivity contribution is -1.03. The molecule has 0 aromatic carbocycles. The highest BCUT2D eigenvalue weighted by atomic mass is 32.2. The summed E-state index contributed by atoms with van der Waals surface area (Å²) in [5, 5.41) is 0.755. The van der Waals surface area contributed by atoms with Crippen LogP contribution in [0.5, 0.6) is 0 Å². The highest BCUT2D eigenvalue weighted by molar-refractivity contribution is 8.03. The first-order valence-corrected chi connectivity index (χ1v) is 10.0. The van der Waals surface area contributed by atoms with E-state index in [-0.39, 0.29) is 24.0 Å². The topological polar surface area (TPSA) is 61.5 Å². The van der Waals surface area contributed by atoms with Crippen LogP contribution >= 0.6 is 23.5 Å². The Morgan fingerprint density at radius 3 is 1.68 bits per heavy atom. The first-order valence-electron chi connectivity index (χ1n) is 7.95. The first kappa shape index (κ1) is 16.4. The second-order valence-electron chi connectivity index (χ2n) is 5.77. The number of nitrogens with one attached hydrogen (secondary N) is 2. The van der Waals surface area contributed by atoms with Crippen LogP contribution in [-0.2, 0) is 19.1 Å². The van der Waals surface area contributed by atoms with E-state index in [2.05, 4.69) is 0 Å². The Morgan fingerprint density at radius 2 is 1.32 bits per heavy atom. The number of rotatable bonds is 4. The predicted octanol–water partition coefficient (Wildman–Crippen LogP) is -2.22. The molecule has 0 spiro atoms. The molecule has 3 aliphatic rings. The van der Waals surface area contributed by atoms with E-state index >= 15 is 0 Å². The second-order valence-corrected chi connectivity index (χ2v) is 8.12. The van der Waals surface area contributed by atoms with Crippen molar-refractivity contribution in [2.24, 2.45) is 0 Å². The van der Waals surface area contributed by atoms with E-state index in [0.717, 1.165) is 24.6 Å². The maximum absolute atomic E-state index is 12.1. The fourth-order valence-corrected chi connectivity index (χ4v) is 7.30. The van der Waals surface area contributed by atoms with Gasteiger partial charge in [0.2, 0.25) is 0 Å². The van der Waals surface area contributed by atoms with Crippen molar-refractivity contribution >= 4 is 35.5 Å². The number of quaternary nitrogens is 2. The first-order chi connectivity index (χ1) is 10.7. The molecule has 22 heavy (non-hydrogen) atoms. The molecule has 3 saturated heterocycles. The molecule has 3 aliphatic heterocycles. The quantitative estimate of drug-likeness (QED) is 0.562. The minimum Gasteiger partial charge on any atom is -0.462 e. The smallest absolute Gasteiger partial charge is 0.365 e. The predicted molar refractivity (Wildman–Crippen MR) is 85.0 cm³/mol. The highest BCUT2D eigenvalue weighted by Gasteiger charge is 2.59. The number of esters is 2. The number of carbonyl (C=O) groups excluding carboxylic acids is 2. The number of piperazine rings is 1. The van der Waals surface area contributed by atoms with Crippen LogP contribution in [-0.4, -0.2) is 72.6 Å². The van der Waals surface area contributed by atoms with Crippen molar-refractivity contribution in [3.8, 4) is 0 Å². The summed E-state index contributed by atoms with van der Waals surface area (Å²) in [5.41, 5.74) is 0. The summed E-state index contributed by atoms with van der Waals surface area (Å²) in [6, 6.07) is -0.0857. The van der Waals surface area contributed by atoms with Gasteiger partial charge in [-0.05, 0) is 13.8 Å². The standard InChI is InChI=1S/C14H22N2O4S2/c1-3-19-13(17)9-7-21-11-12-16(6-5-15(9)11)10(8-22-12)14(18)20-4-2/h9-12H,3-8H2,1-2H3/p+2/t9-,10-,11-,12+/m0/s1. The van der Waals surface area contributed by atoms with E-state index in [4.69, 9.17) is 9.47 Å². The van der Waals surface area contributed by atoms with E-state index in [1.54, 1.807) is 0 Å². The normalized spacial score (nSPS) is 39.9. The largest absolute Gasteiger partial charge is 0.462 e. The summed E-state index contributed by atoms with van der Waals surface area (Å²) in [5.74, 6) is 1.52. The summed E-state index contributed by atoms with van der Waals surface area (Å²) in [6.45, 7) is 6.43. The zero-order chi connectivity index (χ0) is 15.7. The van der Waals surface area contributed by atoms with Crippen molar-refractivity contribution in [3.63, 3.8) is 0 Å².